The van der Waals surface area contributed by atoms with Crippen LogP contribution in [0.5, 0.6) is 5.75 Å². The van der Waals surface area contributed by atoms with Gasteiger partial charge in [0, 0.05) is 24.7 Å². The molecule has 0 atom stereocenters. The van der Waals surface area contributed by atoms with Crippen LogP contribution in [-0.4, -0.2) is 19.1 Å². The molecule has 0 aliphatic rings. The average Bonchev–Trinajstić information content (AvgIpc) is 3.32. The molecule has 1 heterocycles. The first-order valence-corrected chi connectivity index (χ1v) is 15.5. The second kappa shape index (κ2) is 17.0. The van der Waals surface area contributed by atoms with Gasteiger partial charge in [-0.05, 0) is 49.6 Å². The van der Waals surface area contributed by atoms with E-state index in [0.717, 1.165) is 37.4 Å². The summed E-state index contributed by atoms with van der Waals surface area (Å²) < 4.78 is 8.24. The highest BCUT2D eigenvalue weighted by Gasteiger charge is 2.13. The van der Waals surface area contributed by atoms with Crippen molar-refractivity contribution in [1.29, 1.82) is 0 Å². The standard InChI is InChI=1S/C33H47N2O2S/c1-4-5-6-7-8-9-10-11-12-13-23-37-33-16-14-15-30(24-33)21-22-35(29(3)36)32-19-17-31(18-20-32)26-34-25-28(2)38-27-34/h14-20,24-25,27H,4-13,21-23,26H2,1-3H3/q+1. The van der Waals surface area contributed by atoms with Crippen LogP contribution in [0.25, 0.3) is 0 Å². The molecule has 0 N–H and O–H groups in total. The molecule has 4 nitrogen and oxygen atoms in total. The number of amides is 1. The monoisotopic (exact) mass is 535 g/mol. The number of aryl methyl sites for hydroxylation is 1. The number of rotatable bonds is 18. The number of anilines is 1. The molecule has 0 fully saturated rings. The summed E-state index contributed by atoms with van der Waals surface area (Å²) in [4.78, 5) is 15.6. The molecule has 206 valence electrons. The fourth-order valence-electron chi connectivity index (χ4n) is 4.80. The zero-order chi connectivity index (χ0) is 27.0. The van der Waals surface area contributed by atoms with Crippen LogP contribution in [0.15, 0.2) is 60.2 Å². The summed E-state index contributed by atoms with van der Waals surface area (Å²) in [7, 11) is 0. The van der Waals surface area contributed by atoms with E-state index in [4.69, 9.17) is 4.74 Å². The zero-order valence-corrected chi connectivity index (χ0v) is 24.6. The van der Waals surface area contributed by atoms with Gasteiger partial charge in [-0.3, -0.25) is 4.79 Å². The highest BCUT2D eigenvalue weighted by Crippen LogP contribution is 2.19. The Morgan fingerprint density at radius 2 is 1.58 bits per heavy atom. The van der Waals surface area contributed by atoms with Gasteiger partial charge >= 0.3 is 0 Å². The number of carbonyl (C=O) groups excluding carboxylic acids is 1. The van der Waals surface area contributed by atoms with E-state index >= 15 is 0 Å². The van der Waals surface area contributed by atoms with Gasteiger partial charge in [0.25, 0.3) is 0 Å². The number of aromatic nitrogens is 1. The van der Waals surface area contributed by atoms with Crippen LogP contribution < -0.4 is 14.2 Å². The van der Waals surface area contributed by atoms with E-state index < -0.39 is 0 Å². The molecule has 1 amide bonds. The SMILES string of the molecule is CCCCCCCCCCCCOc1cccc(CCN(C(C)=O)c2ccc(C[n+]3csc(C)c3)cc2)c1. The first-order valence-electron chi connectivity index (χ1n) is 14.6. The third-order valence-electron chi connectivity index (χ3n) is 7.00. The Kier molecular flexibility index (Phi) is 13.4. The molecule has 3 rings (SSSR count). The summed E-state index contributed by atoms with van der Waals surface area (Å²) in [5, 5.41) is 0. The number of carbonyl (C=O) groups is 1. The summed E-state index contributed by atoms with van der Waals surface area (Å²) >= 11 is 1.75. The Bertz CT molecular complexity index is 1080. The molecule has 5 heteroatoms. The number of unbranched alkanes of at least 4 members (excludes halogenated alkanes) is 9. The highest BCUT2D eigenvalue weighted by molar-refractivity contribution is 7.09. The van der Waals surface area contributed by atoms with Crippen LogP contribution in [-0.2, 0) is 17.8 Å². The van der Waals surface area contributed by atoms with Crippen LogP contribution in [0.4, 0.5) is 5.69 Å². The van der Waals surface area contributed by atoms with Crippen molar-refractivity contribution in [3.05, 3.63) is 76.2 Å². The predicted octanol–water partition coefficient (Wildman–Crippen LogP) is 8.29. The summed E-state index contributed by atoms with van der Waals surface area (Å²) in [6, 6.07) is 16.7. The van der Waals surface area contributed by atoms with Crippen molar-refractivity contribution in [3.8, 4) is 5.75 Å². The van der Waals surface area contributed by atoms with Crippen LogP contribution >= 0.6 is 11.3 Å². The number of ether oxygens (including phenoxy) is 1. The number of hydrogen-bond donors (Lipinski definition) is 0. The maximum absolute atomic E-state index is 12.4. The maximum atomic E-state index is 12.4. The van der Waals surface area contributed by atoms with Gasteiger partial charge in [-0.2, -0.15) is 4.57 Å². The zero-order valence-electron chi connectivity index (χ0n) is 23.8. The number of thiazole rings is 1. The maximum Gasteiger partial charge on any atom is 0.225 e. The number of benzene rings is 2. The van der Waals surface area contributed by atoms with Gasteiger partial charge < -0.3 is 9.64 Å². The van der Waals surface area contributed by atoms with E-state index in [1.165, 1.54) is 73.8 Å². The quantitative estimate of drug-likeness (QED) is 0.121. The molecule has 3 aromatic rings. The van der Waals surface area contributed by atoms with E-state index in [1.807, 2.05) is 11.0 Å². The van der Waals surface area contributed by atoms with Crippen LogP contribution in [0, 0.1) is 6.92 Å². The van der Waals surface area contributed by atoms with E-state index in [1.54, 1.807) is 18.3 Å². The topological polar surface area (TPSA) is 33.4 Å². The molecule has 0 unspecified atom stereocenters. The summed E-state index contributed by atoms with van der Waals surface area (Å²) in [5.41, 5.74) is 5.51. The van der Waals surface area contributed by atoms with Crippen molar-refractivity contribution in [1.82, 2.24) is 0 Å². The number of nitrogens with zero attached hydrogens (tertiary/aromatic N) is 2. The van der Waals surface area contributed by atoms with Crippen molar-refractivity contribution < 1.29 is 14.1 Å². The molecule has 0 saturated heterocycles. The second-order valence-corrected chi connectivity index (χ2v) is 11.5. The van der Waals surface area contributed by atoms with E-state index in [0.29, 0.717) is 6.54 Å². The normalized spacial score (nSPS) is 11.0. The number of hydrogen-bond acceptors (Lipinski definition) is 3. The average molecular weight is 536 g/mol. The first kappa shape index (κ1) is 29.9. The van der Waals surface area contributed by atoms with Crippen LogP contribution in [0.1, 0.15) is 94.1 Å². The van der Waals surface area contributed by atoms with Gasteiger partial charge in [-0.25, -0.2) is 0 Å². The van der Waals surface area contributed by atoms with Crippen molar-refractivity contribution in [2.45, 2.75) is 97.9 Å². The van der Waals surface area contributed by atoms with Gasteiger partial charge in [-0.15, -0.1) is 0 Å². The van der Waals surface area contributed by atoms with Crippen molar-refractivity contribution in [2.24, 2.45) is 0 Å². The van der Waals surface area contributed by atoms with Crippen molar-refractivity contribution >= 4 is 22.9 Å². The van der Waals surface area contributed by atoms with Gasteiger partial charge in [0.1, 0.15) is 5.75 Å². The lowest BCUT2D eigenvalue weighted by Gasteiger charge is -2.21. The molecule has 2 aromatic carbocycles. The fourth-order valence-corrected chi connectivity index (χ4v) is 5.43. The Labute approximate surface area is 234 Å². The Balaban J connectivity index is 1.38. The third kappa shape index (κ3) is 11.0. The van der Waals surface area contributed by atoms with Crippen LogP contribution in [0.3, 0.4) is 0 Å². The lowest BCUT2D eigenvalue weighted by atomic mass is 10.1. The van der Waals surface area contributed by atoms with Gasteiger partial charge in [0.05, 0.1) is 11.5 Å². The Morgan fingerprint density at radius 1 is 0.895 bits per heavy atom. The molecule has 0 saturated carbocycles. The molecule has 38 heavy (non-hydrogen) atoms. The Hall–Kier alpha value is -2.66. The largest absolute Gasteiger partial charge is 0.494 e. The Morgan fingerprint density at radius 3 is 2.21 bits per heavy atom. The molecular formula is C33H47N2O2S+. The third-order valence-corrected chi connectivity index (χ3v) is 7.86. The van der Waals surface area contributed by atoms with Gasteiger partial charge in [0.2, 0.25) is 11.4 Å². The minimum atomic E-state index is 0.0638. The van der Waals surface area contributed by atoms with Crippen LogP contribution in [0.2, 0.25) is 0 Å². The fraction of sp³-hybridized carbons (Fsp3) is 0.515. The van der Waals surface area contributed by atoms with Gasteiger partial charge in [0.15, 0.2) is 12.7 Å². The van der Waals surface area contributed by atoms with Gasteiger partial charge in [-0.1, -0.05) is 100 Å². The molecule has 0 bridgehead atoms. The van der Waals surface area contributed by atoms with Crippen molar-refractivity contribution in [2.75, 3.05) is 18.1 Å². The molecule has 0 aliphatic carbocycles. The van der Waals surface area contributed by atoms with E-state index in [9.17, 15) is 4.79 Å². The molecule has 0 aliphatic heterocycles. The van der Waals surface area contributed by atoms with Crippen molar-refractivity contribution in [3.63, 3.8) is 0 Å². The first-order chi connectivity index (χ1) is 18.5. The molecule has 0 spiro atoms. The van der Waals surface area contributed by atoms with E-state index in [-0.39, 0.29) is 5.91 Å². The smallest absolute Gasteiger partial charge is 0.225 e. The molecule has 1 aromatic heterocycles. The lowest BCUT2D eigenvalue weighted by molar-refractivity contribution is -0.683. The minimum Gasteiger partial charge on any atom is -0.494 e. The molecule has 0 radical (unpaired) electrons. The highest BCUT2D eigenvalue weighted by atomic mass is 32.1. The molecular weight excluding hydrogens is 488 g/mol. The summed E-state index contributed by atoms with van der Waals surface area (Å²) in [5.74, 6) is 0.993. The minimum absolute atomic E-state index is 0.0638. The lowest BCUT2D eigenvalue weighted by Crippen LogP contribution is -2.31. The summed E-state index contributed by atoms with van der Waals surface area (Å²) in [6.45, 7) is 8.30. The summed E-state index contributed by atoms with van der Waals surface area (Å²) in [6.07, 6.45) is 16.3. The second-order valence-electron chi connectivity index (χ2n) is 10.4. The van der Waals surface area contributed by atoms with E-state index in [2.05, 4.69) is 72.6 Å². The predicted molar refractivity (Wildman–Crippen MR) is 160 cm³/mol.